The van der Waals surface area contributed by atoms with Gasteiger partial charge in [0.2, 0.25) is 5.91 Å². The Balaban J connectivity index is 1.54. The normalized spacial score (nSPS) is 18.7. The van der Waals surface area contributed by atoms with Crippen molar-refractivity contribution in [1.29, 1.82) is 0 Å². The van der Waals surface area contributed by atoms with Crippen LogP contribution in [0.1, 0.15) is 6.42 Å². The highest BCUT2D eigenvalue weighted by molar-refractivity contribution is 6.01. The van der Waals surface area contributed by atoms with Gasteiger partial charge in [-0.25, -0.2) is 14.4 Å². The summed E-state index contributed by atoms with van der Waals surface area (Å²) in [5, 5.41) is 3.55. The van der Waals surface area contributed by atoms with Crippen LogP contribution in [0.2, 0.25) is 0 Å². The van der Waals surface area contributed by atoms with Crippen molar-refractivity contribution in [2.45, 2.75) is 12.6 Å². The van der Waals surface area contributed by atoms with E-state index in [0.29, 0.717) is 17.2 Å². The molecular formula is C19H16FN5O2. The third kappa shape index (κ3) is 2.52. The van der Waals surface area contributed by atoms with Crippen LogP contribution < -0.4 is 10.1 Å². The number of methoxy groups -OCH3 is 1. The third-order valence-corrected chi connectivity index (χ3v) is 4.88. The number of carbonyl (C=O) groups is 1. The lowest BCUT2D eigenvalue weighted by atomic mass is 10.0. The first-order chi connectivity index (χ1) is 13.2. The maximum absolute atomic E-state index is 13.0. The molecule has 1 aliphatic carbocycles. The summed E-state index contributed by atoms with van der Waals surface area (Å²) in [6.45, 7) is 0. The number of halogens is 1. The van der Waals surface area contributed by atoms with Crippen LogP contribution in [-0.2, 0) is 4.79 Å². The van der Waals surface area contributed by atoms with E-state index in [9.17, 15) is 9.18 Å². The molecule has 136 valence electrons. The van der Waals surface area contributed by atoms with Gasteiger partial charge < -0.3 is 20.0 Å². The van der Waals surface area contributed by atoms with Crippen LogP contribution in [0.25, 0.3) is 33.2 Å². The Hall–Kier alpha value is -3.42. The van der Waals surface area contributed by atoms with E-state index in [2.05, 4.69) is 25.3 Å². The monoisotopic (exact) mass is 365 g/mol. The minimum Gasteiger partial charge on any atom is -0.494 e. The van der Waals surface area contributed by atoms with Crippen molar-refractivity contribution < 1.29 is 13.9 Å². The van der Waals surface area contributed by atoms with E-state index >= 15 is 0 Å². The van der Waals surface area contributed by atoms with E-state index in [1.165, 1.54) is 0 Å². The zero-order valence-electron chi connectivity index (χ0n) is 14.4. The molecule has 1 saturated carbocycles. The smallest absolute Gasteiger partial charge is 0.231 e. The van der Waals surface area contributed by atoms with Crippen molar-refractivity contribution in [3.63, 3.8) is 0 Å². The van der Waals surface area contributed by atoms with Gasteiger partial charge in [0, 0.05) is 22.7 Å². The van der Waals surface area contributed by atoms with Crippen LogP contribution >= 0.6 is 0 Å². The summed E-state index contributed by atoms with van der Waals surface area (Å²) in [6, 6.07) is 7.50. The second-order valence-electron chi connectivity index (χ2n) is 6.59. The van der Waals surface area contributed by atoms with Crippen LogP contribution in [0.5, 0.6) is 5.75 Å². The minimum atomic E-state index is -1.03. The summed E-state index contributed by atoms with van der Waals surface area (Å²) in [6.07, 6.45) is 2.73. The van der Waals surface area contributed by atoms with Gasteiger partial charge >= 0.3 is 0 Å². The van der Waals surface area contributed by atoms with Crippen molar-refractivity contribution in [2.24, 2.45) is 5.92 Å². The maximum atomic E-state index is 13.0. The number of carbonyl (C=O) groups excluding carboxylic acids is 1. The number of benzene rings is 1. The predicted molar refractivity (Wildman–Crippen MR) is 99.4 cm³/mol. The highest BCUT2D eigenvalue weighted by Crippen LogP contribution is 2.39. The van der Waals surface area contributed by atoms with Crippen molar-refractivity contribution in [2.75, 3.05) is 12.4 Å². The molecule has 7 nitrogen and oxygen atoms in total. The molecule has 0 bridgehead atoms. The van der Waals surface area contributed by atoms with Gasteiger partial charge in [0.05, 0.1) is 24.9 Å². The minimum absolute atomic E-state index is 0.288. The van der Waals surface area contributed by atoms with Crippen LogP contribution in [0.4, 0.5) is 10.2 Å². The molecule has 8 heteroatoms. The van der Waals surface area contributed by atoms with Crippen molar-refractivity contribution in [1.82, 2.24) is 19.9 Å². The molecule has 0 saturated heterocycles. The van der Waals surface area contributed by atoms with Gasteiger partial charge in [-0.3, -0.25) is 4.79 Å². The Morgan fingerprint density at radius 2 is 2.11 bits per heavy atom. The van der Waals surface area contributed by atoms with E-state index in [0.717, 1.165) is 27.5 Å². The number of ether oxygens (including phenoxy) is 1. The number of amides is 1. The third-order valence-electron chi connectivity index (χ3n) is 4.88. The van der Waals surface area contributed by atoms with E-state index in [1.54, 1.807) is 19.5 Å². The summed E-state index contributed by atoms with van der Waals surface area (Å²) in [4.78, 5) is 26.9. The molecule has 1 fully saturated rings. The van der Waals surface area contributed by atoms with Gasteiger partial charge in [-0.2, -0.15) is 0 Å². The fourth-order valence-electron chi connectivity index (χ4n) is 3.35. The van der Waals surface area contributed by atoms with Gasteiger partial charge in [-0.15, -0.1) is 0 Å². The molecule has 0 aliphatic heterocycles. The van der Waals surface area contributed by atoms with E-state index < -0.39 is 12.1 Å². The molecule has 1 aliphatic rings. The number of aromatic nitrogens is 4. The number of nitrogens with zero attached hydrogens (tertiary/aromatic N) is 2. The highest BCUT2D eigenvalue weighted by Gasteiger charge is 2.43. The predicted octanol–water partition coefficient (Wildman–Crippen LogP) is 3.41. The molecule has 1 amide bonds. The Morgan fingerprint density at radius 3 is 2.89 bits per heavy atom. The summed E-state index contributed by atoms with van der Waals surface area (Å²) in [5.74, 6) is 0.197. The first-order valence-electron chi connectivity index (χ1n) is 8.59. The summed E-state index contributed by atoms with van der Waals surface area (Å²) in [5.41, 5.74) is 4.08. The van der Waals surface area contributed by atoms with E-state index in [4.69, 9.17) is 4.74 Å². The lowest BCUT2D eigenvalue weighted by Crippen LogP contribution is -2.15. The number of anilines is 1. The SMILES string of the molecule is COc1c(-c2c[nH]c3nc(NC(=O)[C@H]4C[C@H]4F)ccc23)ccc2[nH]cnc12. The van der Waals surface area contributed by atoms with Gasteiger partial charge in [0.15, 0.2) is 5.75 Å². The number of pyridine rings is 1. The standard InChI is InChI=1S/C19H16FN5O2/c1-27-17-9(2-4-14-16(17)23-8-22-14)12-7-21-18-10(12)3-5-15(24-18)25-19(26)11-6-13(11)20/h2-5,7-8,11,13H,6H2,1H3,(H,22,23)(H2,21,24,25,26)/t11-,13+/m0/s1. The Bertz CT molecular complexity index is 1180. The number of hydrogen-bond donors (Lipinski definition) is 3. The van der Waals surface area contributed by atoms with E-state index in [1.807, 2.05) is 24.4 Å². The van der Waals surface area contributed by atoms with Crippen LogP contribution in [0.3, 0.4) is 0 Å². The van der Waals surface area contributed by atoms with Crippen LogP contribution in [0, 0.1) is 5.92 Å². The number of imidazole rings is 1. The number of H-pyrrole nitrogens is 2. The molecule has 5 rings (SSSR count). The first-order valence-corrected chi connectivity index (χ1v) is 8.59. The number of hydrogen-bond acceptors (Lipinski definition) is 4. The lowest BCUT2D eigenvalue weighted by molar-refractivity contribution is -0.117. The fraction of sp³-hybridized carbons (Fsp3) is 0.211. The topological polar surface area (TPSA) is 95.7 Å². The van der Waals surface area contributed by atoms with E-state index in [-0.39, 0.29) is 12.3 Å². The lowest BCUT2D eigenvalue weighted by Gasteiger charge is -2.08. The highest BCUT2D eigenvalue weighted by atomic mass is 19.1. The Morgan fingerprint density at radius 1 is 1.26 bits per heavy atom. The second kappa shape index (κ2) is 5.80. The van der Waals surface area contributed by atoms with Gasteiger partial charge in [-0.1, -0.05) is 0 Å². The average molecular weight is 365 g/mol. The second-order valence-corrected chi connectivity index (χ2v) is 6.59. The fourth-order valence-corrected chi connectivity index (χ4v) is 3.35. The molecule has 1 aromatic carbocycles. The molecule has 2 atom stereocenters. The summed E-state index contributed by atoms with van der Waals surface area (Å²) >= 11 is 0. The molecule has 0 unspecified atom stereocenters. The van der Waals surface area contributed by atoms with Gasteiger partial charge in [-0.05, 0) is 30.7 Å². The average Bonchev–Trinajstić information content (AvgIpc) is 3.07. The molecule has 0 radical (unpaired) electrons. The number of nitrogens with one attached hydrogen (secondary N) is 3. The molecular weight excluding hydrogens is 349 g/mol. The maximum Gasteiger partial charge on any atom is 0.231 e. The van der Waals surface area contributed by atoms with Crippen molar-refractivity contribution >= 4 is 33.8 Å². The number of alkyl halides is 1. The van der Waals surface area contributed by atoms with Crippen LogP contribution in [0.15, 0.2) is 36.8 Å². The molecule has 3 aromatic heterocycles. The zero-order chi connectivity index (χ0) is 18.5. The molecule has 3 N–H and O–H groups in total. The molecule has 4 aromatic rings. The Labute approximate surface area is 153 Å². The van der Waals surface area contributed by atoms with Gasteiger partial charge in [0.1, 0.15) is 23.2 Å². The number of fused-ring (bicyclic) bond motifs is 2. The quantitative estimate of drug-likeness (QED) is 0.516. The van der Waals surface area contributed by atoms with Crippen molar-refractivity contribution in [3.05, 3.63) is 36.8 Å². The number of aromatic amines is 2. The summed E-state index contributed by atoms with van der Waals surface area (Å²) in [7, 11) is 1.61. The number of rotatable bonds is 4. The summed E-state index contributed by atoms with van der Waals surface area (Å²) < 4.78 is 18.6. The molecule has 3 heterocycles. The molecule has 0 spiro atoms. The molecule has 27 heavy (non-hydrogen) atoms. The zero-order valence-corrected chi connectivity index (χ0v) is 14.4. The van der Waals surface area contributed by atoms with Crippen LogP contribution in [-0.4, -0.2) is 39.1 Å². The first kappa shape index (κ1) is 15.8. The Kier molecular flexibility index (Phi) is 3.40. The van der Waals surface area contributed by atoms with Gasteiger partial charge in [0.25, 0.3) is 0 Å². The van der Waals surface area contributed by atoms with Crippen molar-refractivity contribution in [3.8, 4) is 16.9 Å². The largest absolute Gasteiger partial charge is 0.494 e.